The predicted octanol–water partition coefficient (Wildman–Crippen LogP) is 2.36. The summed E-state index contributed by atoms with van der Waals surface area (Å²) in [5.74, 6) is -0.305. The number of halogens is 1. The molecule has 1 aromatic carbocycles. The number of thioether (sulfide) groups is 1. The fourth-order valence-corrected chi connectivity index (χ4v) is 3.39. The van der Waals surface area contributed by atoms with Gasteiger partial charge in [-0.25, -0.2) is 4.79 Å². The molecule has 0 aliphatic carbocycles. The van der Waals surface area contributed by atoms with Crippen molar-refractivity contribution in [1.82, 2.24) is 4.90 Å². The molecular weight excluding hydrogens is 318 g/mol. The van der Waals surface area contributed by atoms with Gasteiger partial charge in [0.1, 0.15) is 6.04 Å². The second kappa shape index (κ2) is 5.32. The summed E-state index contributed by atoms with van der Waals surface area (Å²) in [4.78, 5) is 24.8. The van der Waals surface area contributed by atoms with Crippen molar-refractivity contribution in [2.75, 3.05) is 11.6 Å². The maximum atomic E-state index is 12.4. The quantitative estimate of drug-likeness (QED) is 0.904. The molecule has 1 amide bonds. The number of aliphatic carboxylic acids is 1. The minimum Gasteiger partial charge on any atom is -0.480 e. The van der Waals surface area contributed by atoms with Gasteiger partial charge in [0.25, 0.3) is 5.91 Å². The van der Waals surface area contributed by atoms with Crippen LogP contribution in [0.2, 0.25) is 0 Å². The summed E-state index contributed by atoms with van der Waals surface area (Å²) in [6.45, 7) is 1.90. The third kappa shape index (κ3) is 2.40. The maximum Gasteiger partial charge on any atom is 0.327 e. The lowest BCUT2D eigenvalue weighted by atomic mass is 10.1. The summed E-state index contributed by atoms with van der Waals surface area (Å²) in [7, 11) is 0. The standard InChI is InChI=1S/C12H12BrNO3S/c1-7-3-2-4-8(10(7)13)11(15)14-6-18-5-9(14)12(16)17/h2-4,9H,5-6H2,1H3,(H,16,17). The van der Waals surface area contributed by atoms with E-state index in [2.05, 4.69) is 15.9 Å². The van der Waals surface area contributed by atoms with Crippen molar-refractivity contribution < 1.29 is 14.7 Å². The van der Waals surface area contributed by atoms with Crippen LogP contribution in [0.1, 0.15) is 15.9 Å². The van der Waals surface area contributed by atoms with Crippen molar-refractivity contribution in [2.45, 2.75) is 13.0 Å². The lowest BCUT2D eigenvalue weighted by Gasteiger charge is -2.21. The molecule has 1 atom stereocenters. The molecule has 1 saturated heterocycles. The number of carbonyl (C=O) groups is 2. The van der Waals surface area contributed by atoms with E-state index in [1.54, 1.807) is 12.1 Å². The molecule has 6 heteroatoms. The Kier molecular flexibility index (Phi) is 3.97. The Morgan fingerprint density at radius 1 is 1.50 bits per heavy atom. The molecule has 0 aromatic heterocycles. The van der Waals surface area contributed by atoms with E-state index in [-0.39, 0.29) is 5.91 Å². The van der Waals surface area contributed by atoms with Crippen molar-refractivity contribution in [3.63, 3.8) is 0 Å². The highest BCUT2D eigenvalue weighted by Gasteiger charge is 2.35. The lowest BCUT2D eigenvalue weighted by Crippen LogP contribution is -2.41. The minimum absolute atomic E-state index is 0.233. The summed E-state index contributed by atoms with van der Waals surface area (Å²) >= 11 is 4.84. The van der Waals surface area contributed by atoms with Crippen molar-refractivity contribution in [1.29, 1.82) is 0 Å². The minimum atomic E-state index is -0.947. The predicted molar refractivity (Wildman–Crippen MR) is 73.8 cm³/mol. The average Bonchev–Trinajstić information content (AvgIpc) is 2.81. The van der Waals surface area contributed by atoms with E-state index in [0.717, 1.165) is 10.0 Å². The Morgan fingerprint density at radius 3 is 2.89 bits per heavy atom. The van der Waals surface area contributed by atoms with Gasteiger partial charge in [-0.1, -0.05) is 12.1 Å². The van der Waals surface area contributed by atoms with Gasteiger partial charge in [-0.2, -0.15) is 0 Å². The Bertz CT molecular complexity index is 506. The molecule has 2 rings (SSSR count). The van der Waals surface area contributed by atoms with Crippen LogP contribution in [0.25, 0.3) is 0 Å². The fourth-order valence-electron chi connectivity index (χ4n) is 1.81. The first kappa shape index (κ1) is 13.4. The van der Waals surface area contributed by atoms with Gasteiger partial charge in [-0.05, 0) is 34.5 Å². The van der Waals surface area contributed by atoms with Gasteiger partial charge in [0.15, 0.2) is 0 Å². The van der Waals surface area contributed by atoms with Gasteiger partial charge in [-0.3, -0.25) is 4.79 Å². The highest BCUT2D eigenvalue weighted by Crippen LogP contribution is 2.27. The lowest BCUT2D eigenvalue weighted by molar-refractivity contribution is -0.140. The number of amides is 1. The van der Waals surface area contributed by atoms with Crippen LogP contribution in [-0.2, 0) is 4.79 Å². The highest BCUT2D eigenvalue weighted by atomic mass is 79.9. The summed E-state index contributed by atoms with van der Waals surface area (Å²) < 4.78 is 0.732. The maximum absolute atomic E-state index is 12.4. The van der Waals surface area contributed by atoms with Gasteiger partial charge in [0.2, 0.25) is 0 Å². The molecule has 4 nitrogen and oxygen atoms in total. The zero-order valence-corrected chi connectivity index (χ0v) is 12.1. The van der Waals surface area contributed by atoms with Crippen molar-refractivity contribution in [2.24, 2.45) is 0 Å². The summed E-state index contributed by atoms with van der Waals surface area (Å²) in [6.07, 6.45) is 0. The topological polar surface area (TPSA) is 57.6 Å². The molecule has 18 heavy (non-hydrogen) atoms. The van der Waals surface area contributed by atoms with Gasteiger partial charge in [0, 0.05) is 10.2 Å². The van der Waals surface area contributed by atoms with Crippen LogP contribution in [0.3, 0.4) is 0 Å². The molecule has 0 saturated carbocycles. The molecule has 1 aliphatic rings. The third-order valence-electron chi connectivity index (χ3n) is 2.85. The zero-order chi connectivity index (χ0) is 13.3. The first-order chi connectivity index (χ1) is 8.52. The van der Waals surface area contributed by atoms with Crippen LogP contribution in [-0.4, -0.2) is 39.6 Å². The van der Waals surface area contributed by atoms with Crippen LogP contribution in [0.15, 0.2) is 22.7 Å². The molecule has 0 radical (unpaired) electrons. The number of rotatable bonds is 2. The van der Waals surface area contributed by atoms with Crippen LogP contribution < -0.4 is 0 Å². The van der Waals surface area contributed by atoms with E-state index < -0.39 is 12.0 Å². The number of hydrogen-bond acceptors (Lipinski definition) is 3. The number of benzene rings is 1. The van der Waals surface area contributed by atoms with E-state index in [4.69, 9.17) is 5.11 Å². The summed E-state index contributed by atoms with van der Waals surface area (Å²) in [5, 5.41) is 9.08. The van der Waals surface area contributed by atoms with Crippen LogP contribution >= 0.6 is 27.7 Å². The summed E-state index contributed by atoms with van der Waals surface area (Å²) in [5.41, 5.74) is 1.48. The molecule has 96 valence electrons. The van der Waals surface area contributed by atoms with E-state index in [1.165, 1.54) is 16.7 Å². The highest BCUT2D eigenvalue weighted by molar-refractivity contribution is 9.10. The number of carboxylic acid groups (broad SMARTS) is 1. The number of carboxylic acids is 1. The summed E-state index contributed by atoms with van der Waals surface area (Å²) in [6, 6.07) is 4.68. The van der Waals surface area contributed by atoms with Crippen LogP contribution in [0.4, 0.5) is 0 Å². The largest absolute Gasteiger partial charge is 0.480 e. The van der Waals surface area contributed by atoms with Crippen molar-refractivity contribution in [3.05, 3.63) is 33.8 Å². The van der Waals surface area contributed by atoms with E-state index in [9.17, 15) is 9.59 Å². The smallest absolute Gasteiger partial charge is 0.327 e. The second-order valence-corrected chi connectivity index (χ2v) is 5.86. The molecular formula is C12H12BrNO3S. The Labute approximate surface area is 117 Å². The molecule has 0 bridgehead atoms. The molecule has 1 aliphatic heterocycles. The molecule has 1 aromatic rings. The molecule has 1 N–H and O–H groups in total. The van der Waals surface area contributed by atoms with Gasteiger partial charge in [0.05, 0.1) is 11.4 Å². The Morgan fingerprint density at radius 2 is 2.22 bits per heavy atom. The van der Waals surface area contributed by atoms with Gasteiger partial charge < -0.3 is 10.0 Å². The molecule has 1 heterocycles. The number of nitrogens with zero attached hydrogens (tertiary/aromatic N) is 1. The van der Waals surface area contributed by atoms with E-state index >= 15 is 0 Å². The van der Waals surface area contributed by atoms with Gasteiger partial charge >= 0.3 is 5.97 Å². The molecule has 1 unspecified atom stereocenters. The molecule has 0 spiro atoms. The Balaban J connectivity index is 2.31. The van der Waals surface area contributed by atoms with Crippen molar-refractivity contribution in [3.8, 4) is 0 Å². The SMILES string of the molecule is Cc1cccc(C(=O)N2CSCC2C(=O)O)c1Br. The second-order valence-electron chi connectivity index (χ2n) is 4.07. The number of carbonyl (C=O) groups excluding carboxylic acids is 1. The first-order valence-electron chi connectivity index (χ1n) is 5.39. The van der Waals surface area contributed by atoms with E-state index in [0.29, 0.717) is 17.2 Å². The average molecular weight is 330 g/mol. The van der Waals surface area contributed by atoms with Crippen molar-refractivity contribution >= 4 is 39.6 Å². The number of hydrogen-bond donors (Lipinski definition) is 1. The third-order valence-corrected chi connectivity index (χ3v) is 4.92. The monoisotopic (exact) mass is 329 g/mol. The first-order valence-corrected chi connectivity index (χ1v) is 7.33. The van der Waals surface area contributed by atoms with Crippen LogP contribution in [0, 0.1) is 6.92 Å². The molecule has 1 fully saturated rings. The Hall–Kier alpha value is -1.01. The fraction of sp³-hybridized carbons (Fsp3) is 0.333. The van der Waals surface area contributed by atoms with Gasteiger partial charge in [-0.15, -0.1) is 11.8 Å². The van der Waals surface area contributed by atoms with Crippen LogP contribution in [0.5, 0.6) is 0 Å². The zero-order valence-electron chi connectivity index (χ0n) is 9.72. The normalized spacial score (nSPS) is 19.0. The number of aryl methyl sites for hydroxylation is 1. The van der Waals surface area contributed by atoms with E-state index in [1.807, 2.05) is 13.0 Å².